The number of nitrogens with zero attached hydrogens (tertiary/aromatic N) is 2. The molecule has 0 saturated carbocycles. The number of hydrogen-bond acceptors (Lipinski definition) is 4. The largest absolute Gasteiger partial charge is 0.273 e. The first-order valence-electron chi connectivity index (χ1n) is 17.5. The lowest BCUT2D eigenvalue weighted by Crippen LogP contribution is -2.30. The molecule has 2 aromatic carbocycles. The molecule has 6 heteroatoms. The first-order chi connectivity index (χ1) is 22.2. The molecule has 2 fully saturated rings. The van der Waals surface area contributed by atoms with Crippen molar-refractivity contribution >= 4 is 35.0 Å². The predicted molar refractivity (Wildman–Crippen MR) is 186 cm³/mol. The van der Waals surface area contributed by atoms with Crippen molar-refractivity contribution in [1.29, 1.82) is 0 Å². The molecule has 0 aromatic heterocycles. The van der Waals surface area contributed by atoms with Gasteiger partial charge in [0.2, 0.25) is 11.8 Å². The van der Waals surface area contributed by atoms with Crippen LogP contribution in [-0.2, 0) is 19.2 Å². The van der Waals surface area contributed by atoms with E-state index in [1.54, 1.807) is 0 Å². The van der Waals surface area contributed by atoms with E-state index in [1.165, 1.54) is 61.2 Å². The maximum Gasteiger partial charge on any atom is 0.261 e. The summed E-state index contributed by atoms with van der Waals surface area (Å²) in [5.74, 6) is -1.35. The number of carbonyl (C=O) groups excluding carboxylic acids is 4. The van der Waals surface area contributed by atoms with Crippen LogP contribution in [0, 0.1) is 25.7 Å². The third-order valence-electron chi connectivity index (χ3n) is 9.49. The smallest absolute Gasteiger partial charge is 0.261 e. The van der Waals surface area contributed by atoms with Crippen LogP contribution in [0.25, 0.3) is 0 Å². The van der Waals surface area contributed by atoms with Crippen LogP contribution >= 0.6 is 0 Å². The second-order valence-electron chi connectivity index (χ2n) is 13.2. The van der Waals surface area contributed by atoms with Gasteiger partial charge in [-0.1, -0.05) is 112 Å². The highest BCUT2D eigenvalue weighted by molar-refractivity contribution is 6.29. The topological polar surface area (TPSA) is 74.8 Å². The van der Waals surface area contributed by atoms with Crippen molar-refractivity contribution in [3.8, 4) is 0 Å². The lowest BCUT2D eigenvalue weighted by molar-refractivity contribution is -0.123. The van der Waals surface area contributed by atoms with Crippen molar-refractivity contribution in [2.45, 2.75) is 118 Å². The lowest BCUT2D eigenvalue weighted by Gasteiger charge is -2.13. The lowest BCUT2D eigenvalue weighted by atomic mass is 10.0. The third-order valence-corrected chi connectivity index (χ3v) is 9.49. The fourth-order valence-electron chi connectivity index (χ4n) is 6.46. The number of benzene rings is 2. The minimum Gasteiger partial charge on any atom is -0.273 e. The molecule has 2 unspecified atom stereocenters. The van der Waals surface area contributed by atoms with Gasteiger partial charge >= 0.3 is 0 Å². The van der Waals surface area contributed by atoms with E-state index < -0.39 is 0 Å². The number of carbonyl (C=O) groups is 4. The monoisotopic (exact) mass is 624 g/mol. The quantitative estimate of drug-likeness (QED) is 0.0999. The summed E-state index contributed by atoms with van der Waals surface area (Å²) in [6, 6.07) is 15.1. The van der Waals surface area contributed by atoms with Crippen molar-refractivity contribution in [3.63, 3.8) is 0 Å². The fraction of sp³-hybridized carbons (Fsp3) is 0.500. The molecule has 0 N–H and O–H groups in total. The predicted octanol–water partition coefficient (Wildman–Crippen LogP) is 9.34. The molecule has 2 heterocycles. The molecular formula is C40H52N2O4. The standard InChI is InChI=1S/C40H52N2O4/c1-29-21-25-33(26-22-29)41-37(43)31(3)35(39(41)45)19-17-15-13-11-9-7-5-6-8-10-12-14-16-18-20-36-32(4)38(44)42(40(36)46)34-27-23-30(2)24-28-34/h19-28,31-32H,5-18H2,1-4H3/b35-19-,36-20-. The Morgan fingerprint density at radius 2 is 0.761 bits per heavy atom. The van der Waals surface area contributed by atoms with Crippen LogP contribution in [0.1, 0.15) is 115 Å². The summed E-state index contributed by atoms with van der Waals surface area (Å²) < 4.78 is 0. The maximum atomic E-state index is 12.9. The summed E-state index contributed by atoms with van der Waals surface area (Å²) in [5, 5.41) is 0. The zero-order valence-electron chi connectivity index (χ0n) is 28.4. The summed E-state index contributed by atoms with van der Waals surface area (Å²) >= 11 is 0. The van der Waals surface area contributed by atoms with E-state index in [4.69, 9.17) is 0 Å². The van der Waals surface area contributed by atoms with Gasteiger partial charge in [-0.25, -0.2) is 9.80 Å². The van der Waals surface area contributed by atoms with Crippen molar-refractivity contribution in [1.82, 2.24) is 0 Å². The summed E-state index contributed by atoms with van der Waals surface area (Å²) in [7, 11) is 0. The van der Waals surface area contributed by atoms with E-state index in [1.807, 2.05) is 88.4 Å². The van der Waals surface area contributed by atoms with Gasteiger partial charge in [-0.05, 0) is 77.6 Å². The zero-order valence-corrected chi connectivity index (χ0v) is 28.4. The average Bonchev–Trinajstić information content (AvgIpc) is 3.39. The first kappa shape index (κ1) is 35.1. The van der Waals surface area contributed by atoms with Gasteiger partial charge in [-0.3, -0.25) is 19.2 Å². The molecule has 0 aliphatic carbocycles. The average molecular weight is 625 g/mol. The van der Waals surface area contributed by atoms with E-state index in [0.29, 0.717) is 22.5 Å². The van der Waals surface area contributed by atoms with Crippen LogP contribution in [0.15, 0.2) is 71.8 Å². The third kappa shape index (κ3) is 8.92. The second-order valence-corrected chi connectivity index (χ2v) is 13.2. The van der Waals surface area contributed by atoms with Crippen molar-refractivity contribution in [2.75, 3.05) is 9.80 Å². The molecule has 2 atom stereocenters. The first-order valence-corrected chi connectivity index (χ1v) is 17.5. The molecule has 0 spiro atoms. The van der Waals surface area contributed by atoms with Crippen LogP contribution < -0.4 is 9.80 Å². The normalized spacial score (nSPS) is 20.3. The molecule has 4 amide bonds. The highest BCUT2D eigenvalue weighted by Crippen LogP contribution is 2.32. The van der Waals surface area contributed by atoms with Crippen molar-refractivity contribution < 1.29 is 19.2 Å². The van der Waals surface area contributed by atoms with Gasteiger partial charge < -0.3 is 0 Å². The molecule has 46 heavy (non-hydrogen) atoms. The minimum absolute atomic E-state index is 0.130. The van der Waals surface area contributed by atoms with Crippen molar-refractivity contribution in [2.24, 2.45) is 11.8 Å². The number of anilines is 2. The van der Waals surface area contributed by atoms with E-state index in [-0.39, 0.29) is 35.5 Å². The number of rotatable bonds is 17. The molecule has 2 aliphatic rings. The van der Waals surface area contributed by atoms with Crippen LogP contribution in [0.4, 0.5) is 11.4 Å². The summed E-state index contributed by atoms with van der Waals surface area (Å²) in [6.45, 7) is 7.65. The molecule has 2 aliphatic heterocycles. The molecule has 4 rings (SSSR count). The summed E-state index contributed by atoms with van der Waals surface area (Å²) in [4.78, 5) is 54.0. The highest BCUT2D eigenvalue weighted by atomic mass is 16.2. The highest BCUT2D eigenvalue weighted by Gasteiger charge is 2.42. The molecule has 6 nitrogen and oxygen atoms in total. The van der Waals surface area contributed by atoms with Crippen LogP contribution in [0.2, 0.25) is 0 Å². The molecule has 2 aromatic rings. The number of unbranched alkanes of at least 4 members (excludes halogenated alkanes) is 13. The van der Waals surface area contributed by atoms with Crippen LogP contribution in [-0.4, -0.2) is 23.6 Å². The van der Waals surface area contributed by atoms with Gasteiger partial charge in [0.25, 0.3) is 11.8 Å². The Kier molecular flexibility index (Phi) is 13.1. The van der Waals surface area contributed by atoms with Gasteiger partial charge in [-0.15, -0.1) is 0 Å². The van der Waals surface area contributed by atoms with Crippen LogP contribution in [0.5, 0.6) is 0 Å². The molecule has 0 radical (unpaired) electrons. The number of hydrogen-bond donors (Lipinski definition) is 0. The Hall–Kier alpha value is -3.80. The van der Waals surface area contributed by atoms with E-state index in [0.717, 1.165) is 49.7 Å². The Morgan fingerprint density at radius 1 is 0.478 bits per heavy atom. The second kappa shape index (κ2) is 17.2. The van der Waals surface area contributed by atoms with Crippen LogP contribution in [0.3, 0.4) is 0 Å². The number of allylic oxidation sites excluding steroid dienone is 2. The minimum atomic E-state index is -0.374. The Balaban J connectivity index is 1.00. The van der Waals surface area contributed by atoms with Crippen molar-refractivity contribution in [3.05, 3.63) is 83.0 Å². The van der Waals surface area contributed by atoms with Gasteiger partial charge in [0, 0.05) is 11.1 Å². The van der Waals surface area contributed by atoms with Gasteiger partial charge in [0.1, 0.15) is 0 Å². The van der Waals surface area contributed by atoms with Gasteiger partial charge in [0.05, 0.1) is 23.2 Å². The van der Waals surface area contributed by atoms with Gasteiger partial charge in [0.15, 0.2) is 0 Å². The number of amides is 4. The van der Waals surface area contributed by atoms with Gasteiger partial charge in [-0.2, -0.15) is 0 Å². The molecule has 2 saturated heterocycles. The Labute approximate surface area is 275 Å². The van der Waals surface area contributed by atoms with E-state index >= 15 is 0 Å². The summed E-state index contributed by atoms with van der Waals surface area (Å²) in [6.07, 6.45) is 20.1. The Bertz CT molecular complexity index is 1310. The fourth-order valence-corrected chi connectivity index (χ4v) is 6.46. The van der Waals surface area contributed by atoms with E-state index in [2.05, 4.69) is 0 Å². The zero-order chi connectivity index (χ0) is 33.1. The molecular weight excluding hydrogens is 572 g/mol. The summed E-state index contributed by atoms with van der Waals surface area (Å²) in [5.41, 5.74) is 4.80. The number of aryl methyl sites for hydroxylation is 2. The van der Waals surface area contributed by atoms with E-state index in [9.17, 15) is 19.2 Å². The molecule has 246 valence electrons. The Morgan fingerprint density at radius 3 is 1.07 bits per heavy atom. The number of imide groups is 2. The molecule has 0 bridgehead atoms. The maximum absolute atomic E-state index is 12.9. The SMILES string of the molecule is Cc1ccc(N2C(=O)/C(=C\CCCCCCCCCCCCCC/C=C3\C(=O)N(c4ccc(C)cc4)C(=O)C3C)C(C)C2=O)cc1.